The highest BCUT2D eigenvalue weighted by Crippen LogP contribution is 2.23. The Morgan fingerprint density at radius 2 is 0.964 bits per heavy atom. The highest BCUT2D eigenvalue weighted by molar-refractivity contribution is 5.89. The average molecular weight is 788 g/mol. The summed E-state index contributed by atoms with van der Waals surface area (Å²) in [5, 5.41) is 21.9. The molecule has 0 aliphatic heterocycles. The van der Waals surface area contributed by atoms with Gasteiger partial charge in [-0.2, -0.15) is 0 Å². The number of aliphatic hydroxyl groups excluding tert-OH is 1. The number of rotatable bonds is 39. The minimum atomic E-state index is -1.63. The van der Waals surface area contributed by atoms with Crippen molar-refractivity contribution in [3.8, 4) is 0 Å². The van der Waals surface area contributed by atoms with Crippen LogP contribution in [0.25, 0.3) is 0 Å². The van der Waals surface area contributed by atoms with E-state index in [9.17, 15) is 24.6 Å². The van der Waals surface area contributed by atoms with Gasteiger partial charge >= 0.3 is 11.9 Å². The SMILES string of the molecule is CCCCCCCCCCCCCCCCCC(=O)N[C@@H](CC)[C@H](OC(=O)CCC(O)O)[C@@H](CCCCCCCCCCCCCC)OC(=O)c1ccccc1. The average Bonchev–Trinajstić information content (AvgIpc) is 3.20. The third-order valence-electron chi connectivity index (χ3n) is 11.0. The fourth-order valence-electron chi connectivity index (χ4n) is 7.48. The topological polar surface area (TPSA) is 122 Å². The van der Waals surface area contributed by atoms with Gasteiger partial charge < -0.3 is 25.0 Å². The maximum atomic E-state index is 13.4. The second-order valence-corrected chi connectivity index (χ2v) is 16.2. The summed E-state index contributed by atoms with van der Waals surface area (Å²) >= 11 is 0. The monoisotopic (exact) mass is 788 g/mol. The molecule has 0 aliphatic rings. The van der Waals surface area contributed by atoms with Crippen molar-refractivity contribution in [2.24, 2.45) is 0 Å². The second kappa shape index (κ2) is 36.9. The van der Waals surface area contributed by atoms with E-state index < -0.39 is 36.5 Å². The zero-order chi connectivity index (χ0) is 40.9. The molecule has 1 rings (SSSR count). The first kappa shape index (κ1) is 51.6. The van der Waals surface area contributed by atoms with Crippen molar-refractivity contribution in [2.45, 2.75) is 251 Å². The third kappa shape index (κ3) is 28.9. The number of benzene rings is 1. The maximum absolute atomic E-state index is 13.4. The van der Waals surface area contributed by atoms with Crippen molar-refractivity contribution in [1.82, 2.24) is 5.32 Å². The summed E-state index contributed by atoms with van der Waals surface area (Å²) in [6.07, 6.45) is 31.0. The van der Waals surface area contributed by atoms with Crippen LogP contribution < -0.4 is 5.32 Å². The Kier molecular flexibility index (Phi) is 33.9. The van der Waals surface area contributed by atoms with Crippen LogP contribution >= 0.6 is 0 Å². The van der Waals surface area contributed by atoms with Gasteiger partial charge in [-0.25, -0.2) is 4.79 Å². The summed E-state index contributed by atoms with van der Waals surface area (Å²) in [4.78, 5) is 39.7. The van der Waals surface area contributed by atoms with Crippen LogP contribution in [-0.4, -0.2) is 52.6 Å². The standard InChI is InChI=1S/C48H85NO7/c1-4-7-9-11-13-15-17-19-20-21-23-25-27-29-34-38-44(50)49-42(6-3)47(56-46(53)40-39-45(51)52)43(55-48(54)41-35-31-30-32-36-41)37-33-28-26-24-22-18-16-14-12-10-8-5-2/h30-32,35-36,42-43,45,47,51-52H,4-29,33-34,37-40H2,1-3H3,(H,49,50)/t42-,43+,47-/m0/s1. The van der Waals surface area contributed by atoms with Crippen LogP contribution in [0.1, 0.15) is 237 Å². The number of amides is 1. The van der Waals surface area contributed by atoms with Crippen molar-refractivity contribution < 1.29 is 34.1 Å². The molecule has 56 heavy (non-hydrogen) atoms. The lowest BCUT2D eigenvalue weighted by Gasteiger charge is -2.33. The number of hydrogen-bond donors (Lipinski definition) is 3. The van der Waals surface area contributed by atoms with Crippen molar-refractivity contribution in [3.05, 3.63) is 35.9 Å². The van der Waals surface area contributed by atoms with E-state index >= 15 is 0 Å². The number of nitrogens with one attached hydrogen (secondary N) is 1. The minimum absolute atomic E-state index is 0.100. The quantitative estimate of drug-likeness (QED) is 0.0345. The molecule has 0 bridgehead atoms. The lowest BCUT2D eigenvalue weighted by Crippen LogP contribution is -2.51. The third-order valence-corrected chi connectivity index (χ3v) is 11.0. The Bertz CT molecular complexity index is 1060. The van der Waals surface area contributed by atoms with Gasteiger partial charge in [0.05, 0.1) is 18.0 Å². The Morgan fingerprint density at radius 3 is 1.39 bits per heavy atom. The smallest absolute Gasteiger partial charge is 0.338 e. The van der Waals surface area contributed by atoms with Crippen LogP contribution in [0.4, 0.5) is 0 Å². The molecule has 0 saturated carbocycles. The van der Waals surface area contributed by atoms with E-state index in [0.29, 0.717) is 24.8 Å². The molecule has 0 aromatic heterocycles. The molecule has 1 aromatic rings. The molecular formula is C48H85NO7. The number of aliphatic hydroxyl groups is 2. The summed E-state index contributed by atoms with van der Waals surface area (Å²) in [6, 6.07) is 8.23. The molecular weight excluding hydrogens is 703 g/mol. The van der Waals surface area contributed by atoms with E-state index in [4.69, 9.17) is 9.47 Å². The van der Waals surface area contributed by atoms with E-state index in [2.05, 4.69) is 19.2 Å². The summed E-state index contributed by atoms with van der Waals surface area (Å²) in [5.74, 6) is -1.22. The van der Waals surface area contributed by atoms with Crippen LogP contribution in [0.3, 0.4) is 0 Å². The van der Waals surface area contributed by atoms with Gasteiger partial charge in [-0.15, -0.1) is 0 Å². The van der Waals surface area contributed by atoms with Gasteiger partial charge in [-0.3, -0.25) is 9.59 Å². The van der Waals surface area contributed by atoms with Gasteiger partial charge in [0.1, 0.15) is 6.10 Å². The van der Waals surface area contributed by atoms with Gasteiger partial charge in [0.15, 0.2) is 12.4 Å². The predicted octanol–water partition coefficient (Wildman–Crippen LogP) is 12.5. The first-order valence-electron chi connectivity index (χ1n) is 23.4. The zero-order valence-corrected chi connectivity index (χ0v) is 36.3. The fourth-order valence-corrected chi connectivity index (χ4v) is 7.48. The van der Waals surface area contributed by atoms with Gasteiger partial charge in [0.25, 0.3) is 0 Å². The molecule has 3 atom stereocenters. The predicted molar refractivity (Wildman–Crippen MR) is 230 cm³/mol. The highest BCUT2D eigenvalue weighted by Gasteiger charge is 2.36. The fraction of sp³-hybridized carbons (Fsp3) is 0.812. The lowest BCUT2D eigenvalue weighted by molar-refractivity contribution is -0.161. The van der Waals surface area contributed by atoms with Crippen molar-refractivity contribution in [3.63, 3.8) is 0 Å². The van der Waals surface area contributed by atoms with Crippen LogP contribution in [0.2, 0.25) is 0 Å². The molecule has 0 aliphatic carbocycles. The van der Waals surface area contributed by atoms with E-state index in [1.807, 2.05) is 13.0 Å². The van der Waals surface area contributed by atoms with E-state index in [0.717, 1.165) is 44.9 Å². The minimum Gasteiger partial charge on any atom is -0.456 e. The van der Waals surface area contributed by atoms with Crippen LogP contribution in [0.5, 0.6) is 0 Å². The number of unbranched alkanes of at least 4 members (excludes halogenated alkanes) is 25. The van der Waals surface area contributed by atoms with E-state index in [-0.39, 0.29) is 18.7 Å². The molecule has 8 heteroatoms. The van der Waals surface area contributed by atoms with Crippen molar-refractivity contribution >= 4 is 17.8 Å². The maximum Gasteiger partial charge on any atom is 0.338 e. The molecule has 8 nitrogen and oxygen atoms in total. The normalized spacial score (nSPS) is 13.0. The molecule has 0 unspecified atom stereocenters. The van der Waals surface area contributed by atoms with Gasteiger partial charge in [-0.05, 0) is 37.8 Å². The summed E-state index contributed by atoms with van der Waals surface area (Å²) in [7, 11) is 0. The molecule has 0 saturated heterocycles. The number of esters is 2. The zero-order valence-electron chi connectivity index (χ0n) is 36.3. The Balaban J connectivity index is 2.71. The van der Waals surface area contributed by atoms with Crippen LogP contribution in [-0.2, 0) is 19.1 Å². The first-order chi connectivity index (χ1) is 27.3. The van der Waals surface area contributed by atoms with Crippen molar-refractivity contribution in [2.75, 3.05) is 0 Å². The second-order valence-electron chi connectivity index (χ2n) is 16.2. The van der Waals surface area contributed by atoms with Crippen molar-refractivity contribution in [1.29, 1.82) is 0 Å². The summed E-state index contributed by atoms with van der Waals surface area (Å²) < 4.78 is 12.1. The number of carbonyl (C=O) groups is 3. The highest BCUT2D eigenvalue weighted by atomic mass is 16.6. The molecule has 0 radical (unpaired) electrons. The number of ether oxygens (including phenoxy) is 2. The molecule has 0 spiro atoms. The molecule has 0 heterocycles. The molecule has 324 valence electrons. The lowest BCUT2D eigenvalue weighted by atomic mass is 9.96. The van der Waals surface area contributed by atoms with Gasteiger partial charge in [0, 0.05) is 12.8 Å². The van der Waals surface area contributed by atoms with Crippen LogP contribution in [0, 0.1) is 0 Å². The van der Waals surface area contributed by atoms with E-state index in [1.165, 1.54) is 128 Å². The number of hydrogen-bond acceptors (Lipinski definition) is 7. The molecule has 0 fully saturated rings. The van der Waals surface area contributed by atoms with E-state index in [1.54, 1.807) is 24.3 Å². The van der Waals surface area contributed by atoms with Crippen LogP contribution in [0.15, 0.2) is 30.3 Å². The summed E-state index contributed by atoms with van der Waals surface area (Å²) in [5.41, 5.74) is 0.408. The molecule has 1 amide bonds. The van der Waals surface area contributed by atoms with Gasteiger partial charge in [0.2, 0.25) is 5.91 Å². The molecule has 1 aromatic carbocycles. The largest absolute Gasteiger partial charge is 0.456 e. The van der Waals surface area contributed by atoms with Gasteiger partial charge in [-0.1, -0.05) is 199 Å². The summed E-state index contributed by atoms with van der Waals surface area (Å²) in [6.45, 7) is 6.44. The Morgan fingerprint density at radius 1 is 0.536 bits per heavy atom. The Hall–Kier alpha value is -2.45. The number of carbonyl (C=O) groups excluding carboxylic acids is 3. The molecule has 3 N–H and O–H groups in total. The first-order valence-corrected chi connectivity index (χ1v) is 23.4. The Labute approximate surface area is 343 Å².